The summed E-state index contributed by atoms with van der Waals surface area (Å²) in [6, 6.07) is 15.6. The van der Waals surface area contributed by atoms with Gasteiger partial charge in [0.2, 0.25) is 0 Å². The summed E-state index contributed by atoms with van der Waals surface area (Å²) < 4.78 is 10.5. The molecule has 0 saturated carbocycles. The van der Waals surface area contributed by atoms with Crippen LogP contribution in [0.5, 0.6) is 5.75 Å². The molecule has 1 unspecified atom stereocenters. The number of nitrogens with zero attached hydrogens (tertiary/aromatic N) is 1. The van der Waals surface area contributed by atoms with Crippen LogP contribution in [0.2, 0.25) is 0 Å². The van der Waals surface area contributed by atoms with Crippen molar-refractivity contribution in [2.75, 3.05) is 33.9 Å². The highest BCUT2D eigenvalue weighted by molar-refractivity contribution is 5.94. The highest BCUT2D eigenvalue weighted by atomic mass is 16.5. The van der Waals surface area contributed by atoms with Crippen LogP contribution in [0.4, 0.5) is 0 Å². The summed E-state index contributed by atoms with van der Waals surface area (Å²) in [4.78, 5) is 14.9. The Kier molecular flexibility index (Phi) is 8.30. The van der Waals surface area contributed by atoms with E-state index in [1.807, 2.05) is 42.5 Å². The van der Waals surface area contributed by atoms with Gasteiger partial charge in [0.15, 0.2) is 0 Å². The normalized spacial score (nSPS) is 12.0. The standard InChI is InChI=1S/C22H30N2O3/c1-5-24(6-2)21(19-8-7-9-20(14-19)27-4)15-23-22(25)18-12-10-17(11-13-18)16-26-3/h7-14,21H,5-6,15-16H2,1-4H3,(H,23,25). The molecule has 0 saturated heterocycles. The summed E-state index contributed by atoms with van der Waals surface area (Å²) >= 11 is 0. The molecule has 1 atom stereocenters. The largest absolute Gasteiger partial charge is 0.497 e. The maximum Gasteiger partial charge on any atom is 0.251 e. The van der Waals surface area contributed by atoms with E-state index in [4.69, 9.17) is 9.47 Å². The molecule has 0 aliphatic carbocycles. The van der Waals surface area contributed by atoms with Crippen molar-refractivity contribution >= 4 is 5.91 Å². The van der Waals surface area contributed by atoms with Gasteiger partial charge in [-0.15, -0.1) is 0 Å². The molecule has 27 heavy (non-hydrogen) atoms. The van der Waals surface area contributed by atoms with Gasteiger partial charge in [-0.3, -0.25) is 9.69 Å². The highest BCUT2D eigenvalue weighted by Gasteiger charge is 2.19. The number of likely N-dealkylation sites (N-methyl/N-ethyl adjacent to an activating group) is 1. The van der Waals surface area contributed by atoms with E-state index in [1.165, 1.54) is 0 Å². The minimum Gasteiger partial charge on any atom is -0.497 e. The Labute approximate surface area is 162 Å². The fourth-order valence-corrected chi connectivity index (χ4v) is 3.18. The van der Waals surface area contributed by atoms with Crippen molar-refractivity contribution in [2.24, 2.45) is 0 Å². The fourth-order valence-electron chi connectivity index (χ4n) is 3.18. The first-order valence-electron chi connectivity index (χ1n) is 9.37. The number of hydrogen-bond donors (Lipinski definition) is 1. The number of methoxy groups -OCH3 is 2. The van der Waals surface area contributed by atoms with E-state index in [0.717, 1.165) is 30.0 Å². The summed E-state index contributed by atoms with van der Waals surface area (Å²) in [5.74, 6) is 0.753. The second kappa shape index (κ2) is 10.7. The van der Waals surface area contributed by atoms with Crippen molar-refractivity contribution in [1.82, 2.24) is 10.2 Å². The Morgan fingerprint density at radius 3 is 2.37 bits per heavy atom. The van der Waals surface area contributed by atoms with E-state index in [9.17, 15) is 4.79 Å². The third-order valence-electron chi connectivity index (χ3n) is 4.71. The van der Waals surface area contributed by atoms with Crippen molar-refractivity contribution in [3.05, 3.63) is 65.2 Å². The molecule has 0 aliphatic rings. The molecule has 2 rings (SSSR count). The molecule has 0 aliphatic heterocycles. The molecular weight excluding hydrogens is 340 g/mol. The van der Waals surface area contributed by atoms with Crippen molar-refractivity contribution in [2.45, 2.75) is 26.5 Å². The average molecular weight is 370 g/mol. The van der Waals surface area contributed by atoms with Crippen molar-refractivity contribution in [3.63, 3.8) is 0 Å². The zero-order valence-corrected chi connectivity index (χ0v) is 16.7. The van der Waals surface area contributed by atoms with E-state index in [2.05, 4.69) is 30.1 Å². The molecule has 5 nitrogen and oxygen atoms in total. The van der Waals surface area contributed by atoms with Crippen LogP contribution in [0.1, 0.15) is 41.4 Å². The van der Waals surface area contributed by atoms with Gasteiger partial charge in [-0.2, -0.15) is 0 Å². The van der Waals surface area contributed by atoms with Crippen LogP contribution in [0, 0.1) is 0 Å². The molecule has 2 aromatic carbocycles. The highest BCUT2D eigenvalue weighted by Crippen LogP contribution is 2.24. The molecule has 2 aromatic rings. The zero-order valence-electron chi connectivity index (χ0n) is 16.7. The van der Waals surface area contributed by atoms with Gasteiger partial charge in [-0.05, 0) is 48.5 Å². The maximum absolute atomic E-state index is 12.6. The van der Waals surface area contributed by atoms with Gasteiger partial charge in [0.05, 0.1) is 19.8 Å². The van der Waals surface area contributed by atoms with E-state index in [-0.39, 0.29) is 11.9 Å². The summed E-state index contributed by atoms with van der Waals surface area (Å²) in [5.41, 5.74) is 2.83. The maximum atomic E-state index is 12.6. The number of nitrogens with one attached hydrogen (secondary N) is 1. The van der Waals surface area contributed by atoms with E-state index >= 15 is 0 Å². The predicted octanol–water partition coefficient (Wildman–Crippen LogP) is 3.65. The van der Waals surface area contributed by atoms with Crippen LogP contribution >= 0.6 is 0 Å². The first-order chi connectivity index (χ1) is 13.1. The number of hydrogen-bond acceptors (Lipinski definition) is 4. The molecule has 1 amide bonds. The Bertz CT molecular complexity index is 712. The van der Waals surface area contributed by atoms with Gasteiger partial charge in [-0.1, -0.05) is 38.1 Å². The number of rotatable bonds is 10. The Morgan fingerprint density at radius 1 is 1.07 bits per heavy atom. The Balaban J connectivity index is 2.11. The van der Waals surface area contributed by atoms with Gasteiger partial charge in [0.25, 0.3) is 5.91 Å². The molecule has 0 aromatic heterocycles. The number of benzene rings is 2. The lowest BCUT2D eigenvalue weighted by Gasteiger charge is -2.30. The molecule has 146 valence electrons. The van der Waals surface area contributed by atoms with Gasteiger partial charge in [0, 0.05) is 19.2 Å². The predicted molar refractivity (Wildman–Crippen MR) is 108 cm³/mol. The summed E-state index contributed by atoms with van der Waals surface area (Å²) in [7, 11) is 3.33. The molecule has 1 N–H and O–H groups in total. The van der Waals surface area contributed by atoms with Crippen LogP contribution in [-0.4, -0.2) is 44.7 Å². The third kappa shape index (κ3) is 5.81. The monoisotopic (exact) mass is 370 g/mol. The van der Waals surface area contributed by atoms with Gasteiger partial charge in [0.1, 0.15) is 5.75 Å². The lowest BCUT2D eigenvalue weighted by Crippen LogP contribution is -2.38. The fraction of sp³-hybridized carbons (Fsp3) is 0.409. The van der Waals surface area contributed by atoms with Gasteiger partial charge < -0.3 is 14.8 Å². The molecule has 5 heteroatoms. The lowest BCUT2D eigenvalue weighted by atomic mass is 10.0. The quantitative estimate of drug-likeness (QED) is 0.693. The number of carbonyl (C=O) groups is 1. The first-order valence-corrected chi connectivity index (χ1v) is 9.37. The van der Waals surface area contributed by atoms with Crippen molar-refractivity contribution in [1.29, 1.82) is 0 Å². The van der Waals surface area contributed by atoms with Crippen molar-refractivity contribution < 1.29 is 14.3 Å². The van der Waals surface area contributed by atoms with Crippen LogP contribution < -0.4 is 10.1 Å². The van der Waals surface area contributed by atoms with Crippen LogP contribution in [0.3, 0.4) is 0 Å². The molecule has 0 bridgehead atoms. The zero-order chi connectivity index (χ0) is 19.6. The Hall–Kier alpha value is -2.37. The summed E-state index contributed by atoms with van der Waals surface area (Å²) in [5, 5.41) is 3.08. The van der Waals surface area contributed by atoms with E-state index in [0.29, 0.717) is 18.7 Å². The summed E-state index contributed by atoms with van der Waals surface area (Å²) in [6.07, 6.45) is 0. The number of ether oxygens (including phenoxy) is 2. The first kappa shape index (κ1) is 20.9. The third-order valence-corrected chi connectivity index (χ3v) is 4.71. The molecular formula is C22H30N2O3. The molecule has 0 radical (unpaired) electrons. The van der Waals surface area contributed by atoms with Crippen LogP contribution in [0.25, 0.3) is 0 Å². The van der Waals surface area contributed by atoms with E-state index < -0.39 is 0 Å². The summed E-state index contributed by atoms with van der Waals surface area (Å²) in [6.45, 7) is 7.15. The number of carbonyl (C=O) groups excluding carboxylic acids is 1. The Morgan fingerprint density at radius 2 is 1.78 bits per heavy atom. The molecule has 0 heterocycles. The SMILES string of the molecule is CCN(CC)C(CNC(=O)c1ccc(COC)cc1)c1cccc(OC)c1. The second-order valence-electron chi connectivity index (χ2n) is 6.35. The van der Waals surface area contributed by atoms with Gasteiger partial charge in [-0.25, -0.2) is 0 Å². The van der Waals surface area contributed by atoms with E-state index in [1.54, 1.807) is 14.2 Å². The minimum atomic E-state index is -0.0704. The average Bonchev–Trinajstić information content (AvgIpc) is 2.71. The lowest BCUT2D eigenvalue weighted by molar-refractivity contribution is 0.0935. The van der Waals surface area contributed by atoms with Gasteiger partial charge >= 0.3 is 0 Å². The number of amides is 1. The second-order valence-corrected chi connectivity index (χ2v) is 6.35. The van der Waals surface area contributed by atoms with Crippen LogP contribution in [-0.2, 0) is 11.3 Å². The molecule has 0 fully saturated rings. The van der Waals surface area contributed by atoms with Crippen LogP contribution in [0.15, 0.2) is 48.5 Å². The smallest absolute Gasteiger partial charge is 0.251 e. The topological polar surface area (TPSA) is 50.8 Å². The van der Waals surface area contributed by atoms with Crippen molar-refractivity contribution in [3.8, 4) is 5.75 Å². The minimum absolute atomic E-state index is 0.0704. The molecule has 0 spiro atoms.